The lowest BCUT2D eigenvalue weighted by atomic mass is 10.1. The first-order valence-electron chi connectivity index (χ1n) is 4.71. The van der Waals surface area contributed by atoms with Crippen molar-refractivity contribution in [1.82, 2.24) is 4.98 Å². The molecule has 0 bridgehead atoms. The standard InChI is InChI=1S/C12H5Cl2N3/c13-10-4-7(1-2-15)3-9-11(14)8(5-16)6-17-12(9)10/h3-4,6H,1H2. The summed E-state index contributed by atoms with van der Waals surface area (Å²) in [5, 5.41) is 18.9. The van der Waals surface area contributed by atoms with Gasteiger partial charge in [0.1, 0.15) is 6.07 Å². The highest BCUT2D eigenvalue weighted by Gasteiger charge is 2.10. The molecule has 17 heavy (non-hydrogen) atoms. The van der Waals surface area contributed by atoms with E-state index in [0.717, 1.165) is 5.56 Å². The Morgan fingerprint density at radius 3 is 2.65 bits per heavy atom. The first-order valence-corrected chi connectivity index (χ1v) is 5.46. The van der Waals surface area contributed by atoms with Gasteiger partial charge in [0.2, 0.25) is 0 Å². The maximum Gasteiger partial charge on any atom is 0.102 e. The van der Waals surface area contributed by atoms with E-state index in [0.29, 0.717) is 26.5 Å². The number of aromatic nitrogens is 1. The first kappa shape index (κ1) is 11.7. The highest BCUT2D eigenvalue weighted by molar-refractivity contribution is 6.39. The van der Waals surface area contributed by atoms with Crippen LogP contribution in [-0.4, -0.2) is 4.98 Å². The molecule has 0 unspecified atom stereocenters. The van der Waals surface area contributed by atoms with Gasteiger partial charge in [-0.15, -0.1) is 0 Å². The molecule has 0 saturated carbocycles. The summed E-state index contributed by atoms with van der Waals surface area (Å²) >= 11 is 12.1. The molecule has 0 saturated heterocycles. The van der Waals surface area contributed by atoms with Crippen LogP contribution in [0.3, 0.4) is 0 Å². The van der Waals surface area contributed by atoms with Gasteiger partial charge in [0, 0.05) is 11.6 Å². The summed E-state index contributed by atoms with van der Waals surface area (Å²) in [5.41, 5.74) is 1.59. The van der Waals surface area contributed by atoms with Gasteiger partial charge in [0.05, 0.1) is 33.6 Å². The van der Waals surface area contributed by atoms with Gasteiger partial charge >= 0.3 is 0 Å². The van der Waals surface area contributed by atoms with Crippen LogP contribution in [0.4, 0.5) is 0 Å². The molecule has 82 valence electrons. The van der Waals surface area contributed by atoms with E-state index in [4.69, 9.17) is 33.7 Å². The third-order valence-electron chi connectivity index (χ3n) is 2.32. The smallest absolute Gasteiger partial charge is 0.102 e. The Morgan fingerprint density at radius 2 is 2.00 bits per heavy atom. The second kappa shape index (κ2) is 4.59. The van der Waals surface area contributed by atoms with Gasteiger partial charge in [0.15, 0.2) is 0 Å². The van der Waals surface area contributed by atoms with E-state index in [1.54, 1.807) is 12.1 Å². The number of hydrogen-bond donors (Lipinski definition) is 0. The summed E-state index contributed by atoms with van der Waals surface area (Å²) in [5.74, 6) is 0. The van der Waals surface area contributed by atoms with E-state index in [9.17, 15) is 0 Å². The first-order chi connectivity index (χ1) is 8.17. The van der Waals surface area contributed by atoms with Crippen molar-refractivity contribution in [3.8, 4) is 12.1 Å². The zero-order valence-corrected chi connectivity index (χ0v) is 10.0. The fourth-order valence-electron chi connectivity index (χ4n) is 1.56. The van der Waals surface area contributed by atoms with Crippen molar-refractivity contribution in [1.29, 1.82) is 10.5 Å². The quantitative estimate of drug-likeness (QED) is 0.790. The van der Waals surface area contributed by atoms with Crippen LogP contribution >= 0.6 is 23.2 Å². The molecule has 0 fully saturated rings. The minimum Gasteiger partial charge on any atom is -0.253 e. The lowest BCUT2D eigenvalue weighted by Crippen LogP contribution is -1.89. The Balaban J connectivity index is 2.81. The Morgan fingerprint density at radius 1 is 1.24 bits per heavy atom. The summed E-state index contributed by atoms with van der Waals surface area (Å²) in [6.45, 7) is 0. The van der Waals surface area contributed by atoms with Crippen molar-refractivity contribution in [2.24, 2.45) is 0 Å². The van der Waals surface area contributed by atoms with Crippen molar-refractivity contribution >= 4 is 34.1 Å². The molecular formula is C12H5Cl2N3. The Hall–Kier alpha value is -1.81. The summed E-state index contributed by atoms with van der Waals surface area (Å²) in [6.07, 6.45) is 1.63. The van der Waals surface area contributed by atoms with Crippen molar-refractivity contribution in [2.45, 2.75) is 6.42 Å². The Kier molecular flexibility index (Phi) is 3.15. The lowest BCUT2D eigenvalue weighted by Gasteiger charge is -2.05. The molecule has 0 N–H and O–H groups in total. The van der Waals surface area contributed by atoms with Gasteiger partial charge in [-0.05, 0) is 17.7 Å². The van der Waals surface area contributed by atoms with E-state index >= 15 is 0 Å². The van der Waals surface area contributed by atoms with Crippen molar-refractivity contribution in [3.05, 3.63) is 39.5 Å². The fourth-order valence-corrected chi connectivity index (χ4v) is 2.08. The van der Waals surface area contributed by atoms with E-state index < -0.39 is 0 Å². The van der Waals surface area contributed by atoms with Crippen LogP contribution in [0.5, 0.6) is 0 Å². The van der Waals surface area contributed by atoms with Crippen LogP contribution in [0.1, 0.15) is 11.1 Å². The molecule has 0 radical (unpaired) electrons. The van der Waals surface area contributed by atoms with Gasteiger partial charge < -0.3 is 0 Å². The number of fused-ring (bicyclic) bond motifs is 1. The number of pyridine rings is 1. The maximum atomic E-state index is 8.86. The number of hydrogen-bond acceptors (Lipinski definition) is 3. The number of benzene rings is 1. The molecule has 0 spiro atoms. The van der Waals surface area contributed by atoms with Gasteiger partial charge in [-0.2, -0.15) is 10.5 Å². The number of nitriles is 2. The molecular weight excluding hydrogens is 257 g/mol. The molecule has 1 aromatic heterocycles. The van der Waals surface area contributed by atoms with Crippen LogP contribution in [0.15, 0.2) is 18.3 Å². The molecule has 0 amide bonds. The molecule has 2 aromatic rings. The van der Waals surface area contributed by atoms with Crippen LogP contribution in [0.2, 0.25) is 10.0 Å². The Bertz CT molecular complexity index is 681. The van der Waals surface area contributed by atoms with Gasteiger partial charge in [-0.3, -0.25) is 4.98 Å². The predicted molar refractivity (Wildman–Crippen MR) is 65.8 cm³/mol. The average molecular weight is 262 g/mol. The van der Waals surface area contributed by atoms with Crippen LogP contribution in [-0.2, 0) is 6.42 Å². The van der Waals surface area contributed by atoms with Crippen molar-refractivity contribution < 1.29 is 0 Å². The minimum atomic E-state index is 0.239. The molecule has 2 rings (SSSR count). The van der Waals surface area contributed by atoms with Crippen LogP contribution < -0.4 is 0 Å². The molecule has 3 nitrogen and oxygen atoms in total. The topological polar surface area (TPSA) is 60.5 Å². The number of rotatable bonds is 1. The van der Waals surface area contributed by atoms with E-state index in [1.807, 2.05) is 12.1 Å². The van der Waals surface area contributed by atoms with Gasteiger partial charge in [-0.1, -0.05) is 23.2 Å². The molecule has 0 aliphatic rings. The molecule has 0 aliphatic carbocycles. The normalized spacial score (nSPS) is 9.88. The summed E-state index contributed by atoms with van der Waals surface area (Å²) in [4.78, 5) is 4.09. The largest absolute Gasteiger partial charge is 0.253 e. The monoisotopic (exact) mass is 261 g/mol. The molecule has 1 aromatic carbocycles. The van der Waals surface area contributed by atoms with Crippen molar-refractivity contribution in [3.63, 3.8) is 0 Å². The van der Waals surface area contributed by atoms with Gasteiger partial charge in [-0.25, -0.2) is 0 Å². The van der Waals surface area contributed by atoms with E-state index in [1.165, 1.54) is 6.20 Å². The highest BCUT2D eigenvalue weighted by Crippen LogP contribution is 2.31. The Labute approximate surface area is 108 Å². The third kappa shape index (κ3) is 2.03. The molecule has 1 heterocycles. The summed E-state index contributed by atoms with van der Waals surface area (Å²) in [7, 11) is 0. The van der Waals surface area contributed by atoms with E-state index in [2.05, 4.69) is 4.98 Å². The van der Waals surface area contributed by atoms with E-state index in [-0.39, 0.29) is 6.42 Å². The lowest BCUT2D eigenvalue weighted by molar-refractivity contribution is 1.26. The van der Waals surface area contributed by atoms with Gasteiger partial charge in [0.25, 0.3) is 0 Å². The van der Waals surface area contributed by atoms with Crippen LogP contribution in [0, 0.1) is 22.7 Å². The SMILES string of the molecule is N#CCc1cc(Cl)c2ncc(C#N)c(Cl)c2c1. The average Bonchev–Trinajstić information content (AvgIpc) is 2.31. The third-order valence-corrected chi connectivity index (χ3v) is 3.02. The second-order valence-electron chi connectivity index (χ2n) is 3.41. The number of nitrogens with zero attached hydrogens (tertiary/aromatic N) is 3. The fraction of sp³-hybridized carbons (Fsp3) is 0.0833. The molecule has 5 heteroatoms. The summed E-state index contributed by atoms with van der Waals surface area (Å²) in [6, 6.07) is 7.41. The molecule has 0 aliphatic heterocycles. The zero-order valence-electron chi connectivity index (χ0n) is 8.54. The predicted octanol–water partition coefficient (Wildman–Crippen LogP) is 3.48. The van der Waals surface area contributed by atoms with Crippen molar-refractivity contribution in [2.75, 3.05) is 0 Å². The van der Waals surface area contributed by atoms with Crippen LogP contribution in [0.25, 0.3) is 10.9 Å². The minimum absolute atomic E-state index is 0.239. The molecule has 0 atom stereocenters. The number of halogens is 2. The zero-order chi connectivity index (χ0) is 12.4. The maximum absolute atomic E-state index is 8.86. The highest BCUT2D eigenvalue weighted by atomic mass is 35.5. The second-order valence-corrected chi connectivity index (χ2v) is 4.19. The summed E-state index contributed by atoms with van der Waals surface area (Å²) < 4.78 is 0.